The number of aromatic nitrogens is 2. The molecule has 1 N–H and O–H groups in total. The normalized spacial score (nSPS) is 13.6. The average Bonchev–Trinajstić information content (AvgIpc) is 2.37. The molecule has 0 aliphatic heterocycles. The number of nitrogens with one attached hydrogen (secondary N) is 1. The second-order valence-corrected chi connectivity index (χ2v) is 7.31. The van der Waals surface area contributed by atoms with Crippen LogP contribution in [0.3, 0.4) is 0 Å². The minimum Gasteiger partial charge on any atom is -0.370 e. The maximum Gasteiger partial charge on any atom is 0.160 e. The van der Waals surface area contributed by atoms with E-state index in [1.165, 1.54) is 0 Å². The van der Waals surface area contributed by atoms with Crippen molar-refractivity contribution in [3.05, 3.63) is 16.0 Å². The summed E-state index contributed by atoms with van der Waals surface area (Å²) in [6.45, 7) is 16.3. The molecule has 21 heavy (non-hydrogen) atoms. The summed E-state index contributed by atoms with van der Waals surface area (Å²) in [6.07, 6.45) is -0.120. The third kappa shape index (κ3) is 4.65. The van der Waals surface area contributed by atoms with Gasteiger partial charge in [0.25, 0.3) is 0 Å². The Hall–Kier alpha value is -0.680. The van der Waals surface area contributed by atoms with Crippen LogP contribution in [0.1, 0.15) is 72.0 Å². The average molecular weight is 358 g/mol. The molecule has 0 radical (unpaired) electrons. The van der Waals surface area contributed by atoms with E-state index in [2.05, 4.69) is 62.8 Å². The predicted octanol–water partition coefficient (Wildman–Crippen LogP) is 4.92. The van der Waals surface area contributed by atoms with Crippen LogP contribution in [0, 0.1) is 5.41 Å². The first-order valence-corrected chi connectivity index (χ1v) is 8.44. The van der Waals surface area contributed by atoms with Crippen LogP contribution in [0.25, 0.3) is 0 Å². The van der Waals surface area contributed by atoms with E-state index in [0.717, 1.165) is 28.4 Å². The first kappa shape index (κ1) is 18.4. The van der Waals surface area contributed by atoms with E-state index in [1.54, 1.807) is 0 Å². The number of anilines is 1. The zero-order valence-corrected chi connectivity index (χ0v) is 15.8. The highest BCUT2D eigenvalue weighted by Gasteiger charge is 2.31. The Morgan fingerprint density at radius 3 is 2.24 bits per heavy atom. The van der Waals surface area contributed by atoms with Crippen LogP contribution < -0.4 is 5.32 Å². The molecule has 0 saturated carbocycles. The van der Waals surface area contributed by atoms with Gasteiger partial charge in [-0.25, -0.2) is 9.97 Å². The van der Waals surface area contributed by atoms with E-state index < -0.39 is 0 Å². The van der Waals surface area contributed by atoms with E-state index in [1.807, 2.05) is 6.92 Å². The maximum absolute atomic E-state index is 5.93. The van der Waals surface area contributed by atoms with Crippen LogP contribution in [-0.4, -0.2) is 23.1 Å². The Kier molecular flexibility index (Phi) is 6.60. The van der Waals surface area contributed by atoms with E-state index in [9.17, 15) is 0 Å². The van der Waals surface area contributed by atoms with Gasteiger partial charge in [-0.2, -0.15) is 0 Å². The van der Waals surface area contributed by atoms with Gasteiger partial charge < -0.3 is 10.1 Å². The van der Waals surface area contributed by atoms with Crippen molar-refractivity contribution in [2.24, 2.45) is 5.41 Å². The highest BCUT2D eigenvalue weighted by Crippen LogP contribution is 2.37. The van der Waals surface area contributed by atoms with Gasteiger partial charge in [-0.1, -0.05) is 34.6 Å². The van der Waals surface area contributed by atoms with Gasteiger partial charge in [-0.3, -0.25) is 0 Å². The second kappa shape index (κ2) is 7.54. The lowest BCUT2D eigenvalue weighted by atomic mass is 9.88. The van der Waals surface area contributed by atoms with Crippen molar-refractivity contribution in [1.29, 1.82) is 0 Å². The Bertz CT molecular complexity index is 469. The van der Waals surface area contributed by atoms with Gasteiger partial charge >= 0.3 is 0 Å². The zero-order chi connectivity index (χ0) is 16.2. The summed E-state index contributed by atoms with van der Waals surface area (Å²) < 4.78 is 6.88. The number of halogens is 1. The standard InChI is InChI=1S/C16H28BrN3O/c1-8-18-14-11(17)12(10(3)4)19-15(20-14)13(21-9-2)16(5,6)7/h10,13H,8-9H2,1-7H3,(H,18,19,20). The molecular formula is C16H28BrN3O. The Morgan fingerprint density at radius 1 is 1.19 bits per heavy atom. The molecule has 0 spiro atoms. The number of ether oxygens (including phenoxy) is 1. The van der Waals surface area contributed by atoms with Crippen molar-refractivity contribution in [2.75, 3.05) is 18.5 Å². The predicted molar refractivity (Wildman–Crippen MR) is 91.8 cm³/mol. The number of nitrogens with zero attached hydrogens (tertiary/aromatic N) is 2. The third-order valence-electron chi connectivity index (χ3n) is 3.14. The number of hydrogen-bond acceptors (Lipinski definition) is 4. The fourth-order valence-electron chi connectivity index (χ4n) is 2.15. The highest BCUT2D eigenvalue weighted by atomic mass is 79.9. The summed E-state index contributed by atoms with van der Waals surface area (Å²) >= 11 is 3.63. The fraction of sp³-hybridized carbons (Fsp3) is 0.750. The summed E-state index contributed by atoms with van der Waals surface area (Å²) in [5.41, 5.74) is 0.964. The van der Waals surface area contributed by atoms with Crippen molar-refractivity contribution in [3.8, 4) is 0 Å². The Balaban J connectivity index is 3.39. The van der Waals surface area contributed by atoms with Crippen molar-refractivity contribution in [3.63, 3.8) is 0 Å². The summed E-state index contributed by atoms with van der Waals surface area (Å²) in [5, 5.41) is 3.31. The van der Waals surface area contributed by atoms with Crippen LogP contribution in [-0.2, 0) is 4.74 Å². The lowest BCUT2D eigenvalue weighted by Gasteiger charge is -2.30. The van der Waals surface area contributed by atoms with Gasteiger partial charge in [0.15, 0.2) is 5.82 Å². The maximum atomic E-state index is 5.93. The van der Waals surface area contributed by atoms with Crippen LogP contribution in [0.15, 0.2) is 4.47 Å². The molecule has 0 fully saturated rings. The molecule has 1 aromatic heterocycles. The Labute approximate surface area is 137 Å². The van der Waals surface area contributed by atoms with E-state index in [-0.39, 0.29) is 11.5 Å². The molecule has 4 nitrogen and oxygen atoms in total. The molecule has 1 unspecified atom stereocenters. The molecule has 0 saturated heterocycles. The van der Waals surface area contributed by atoms with Crippen LogP contribution in [0.2, 0.25) is 0 Å². The molecule has 1 heterocycles. The van der Waals surface area contributed by atoms with Crippen molar-refractivity contribution in [1.82, 2.24) is 9.97 Å². The van der Waals surface area contributed by atoms with Gasteiger partial charge in [0.05, 0.1) is 10.2 Å². The fourth-order valence-corrected chi connectivity index (χ4v) is 2.92. The first-order chi connectivity index (χ1) is 9.72. The molecule has 120 valence electrons. The summed E-state index contributed by atoms with van der Waals surface area (Å²) in [4.78, 5) is 9.47. The van der Waals surface area contributed by atoms with Gasteiger partial charge in [0.1, 0.15) is 11.9 Å². The molecule has 0 bridgehead atoms. The van der Waals surface area contributed by atoms with Crippen LogP contribution in [0.4, 0.5) is 5.82 Å². The minimum atomic E-state index is -0.120. The lowest BCUT2D eigenvalue weighted by Crippen LogP contribution is -2.25. The molecule has 0 aromatic carbocycles. The van der Waals surface area contributed by atoms with E-state index >= 15 is 0 Å². The molecule has 0 amide bonds. The summed E-state index contributed by atoms with van der Waals surface area (Å²) in [5.74, 6) is 1.92. The quantitative estimate of drug-likeness (QED) is 0.784. The minimum absolute atomic E-state index is 0.0540. The number of hydrogen-bond donors (Lipinski definition) is 1. The van der Waals surface area contributed by atoms with Gasteiger partial charge in [-0.15, -0.1) is 0 Å². The second-order valence-electron chi connectivity index (χ2n) is 6.52. The Morgan fingerprint density at radius 2 is 1.81 bits per heavy atom. The molecule has 5 heteroatoms. The monoisotopic (exact) mass is 357 g/mol. The molecule has 1 atom stereocenters. The van der Waals surface area contributed by atoms with Gasteiger partial charge in [0.2, 0.25) is 0 Å². The molecule has 0 aliphatic rings. The summed E-state index contributed by atoms with van der Waals surface area (Å²) in [6, 6.07) is 0. The molecule has 1 rings (SSSR count). The number of rotatable bonds is 6. The highest BCUT2D eigenvalue weighted by molar-refractivity contribution is 9.10. The van der Waals surface area contributed by atoms with Crippen LogP contribution in [0.5, 0.6) is 0 Å². The van der Waals surface area contributed by atoms with Gasteiger partial charge in [-0.05, 0) is 41.1 Å². The van der Waals surface area contributed by atoms with Crippen molar-refractivity contribution in [2.45, 2.75) is 60.5 Å². The third-order valence-corrected chi connectivity index (χ3v) is 3.92. The van der Waals surface area contributed by atoms with E-state index in [4.69, 9.17) is 14.7 Å². The van der Waals surface area contributed by atoms with Crippen LogP contribution >= 0.6 is 15.9 Å². The molecule has 0 aliphatic carbocycles. The van der Waals surface area contributed by atoms with Gasteiger partial charge in [0, 0.05) is 13.2 Å². The molecule has 1 aromatic rings. The lowest BCUT2D eigenvalue weighted by molar-refractivity contribution is -0.0192. The summed E-state index contributed by atoms with van der Waals surface area (Å²) in [7, 11) is 0. The van der Waals surface area contributed by atoms with E-state index in [0.29, 0.717) is 12.5 Å². The SMILES string of the molecule is CCNc1nc(C(OCC)C(C)(C)C)nc(C(C)C)c1Br. The first-order valence-electron chi connectivity index (χ1n) is 7.65. The topological polar surface area (TPSA) is 47.0 Å². The largest absolute Gasteiger partial charge is 0.370 e. The molecular weight excluding hydrogens is 330 g/mol. The van der Waals surface area contributed by atoms with Crippen molar-refractivity contribution < 1.29 is 4.74 Å². The zero-order valence-electron chi connectivity index (χ0n) is 14.2. The smallest absolute Gasteiger partial charge is 0.160 e. The van der Waals surface area contributed by atoms with Crippen molar-refractivity contribution >= 4 is 21.7 Å².